The minimum atomic E-state index is -1.76. The molecule has 0 radical (unpaired) electrons. The van der Waals surface area contributed by atoms with Gasteiger partial charge >= 0.3 is 0 Å². The molecule has 2 aliphatic rings. The molecular weight excluding hydrogens is 498 g/mol. The van der Waals surface area contributed by atoms with Gasteiger partial charge in [-0.3, -0.25) is 19.3 Å². The van der Waals surface area contributed by atoms with Crippen molar-refractivity contribution in [2.24, 2.45) is 0 Å². The highest BCUT2D eigenvalue weighted by Crippen LogP contribution is 2.54. The monoisotopic (exact) mass is 519 g/mol. The van der Waals surface area contributed by atoms with Crippen molar-refractivity contribution in [1.82, 2.24) is 4.98 Å². The van der Waals surface area contributed by atoms with E-state index in [0.717, 1.165) is 15.8 Å². The summed E-state index contributed by atoms with van der Waals surface area (Å²) in [5.41, 5.74) is 1.94. The van der Waals surface area contributed by atoms with E-state index in [1.165, 1.54) is 16.2 Å². The lowest BCUT2D eigenvalue weighted by Gasteiger charge is -2.32. The number of amides is 2. The second-order valence-electron chi connectivity index (χ2n) is 9.68. The van der Waals surface area contributed by atoms with Crippen molar-refractivity contribution in [3.05, 3.63) is 112 Å². The number of benzene rings is 3. The normalized spacial score (nSPS) is 18.2. The molecule has 0 bridgehead atoms. The Morgan fingerprint density at radius 3 is 2.61 bits per heavy atom. The quantitative estimate of drug-likeness (QED) is 0.296. The molecule has 2 aromatic heterocycles. The zero-order valence-corrected chi connectivity index (χ0v) is 21.5. The van der Waals surface area contributed by atoms with Crippen LogP contribution >= 0.6 is 11.3 Å². The molecule has 7 rings (SSSR count). The molecule has 0 aliphatic carbocycles. The Morgan fingerprint density at radius 2 is 1.79 bits per heavy atom. The van der Waals surface area contributed by atoms with E-state index in [2.05, 4.69) is 6.58 Å². The molecule has 7 nitrogen and oxygen atoms in total. The number of para-hydroxylation sites is 1. The van der Waals surface area contributed by atoms with Gasteiger partial charge in [0.15, 0.2) is 16.1 Å². The molecule has 0 fully saturated rings. The minimum absolute atomic E-state index is 0.0278. The number of fused-ring (bicyclic) bond motifs is 6. The van der Waals surface area contributed by atoms with Crippen molar-refractivity contribution >= 4 is 55.2 Å². The van der Waals surface area contributed by atoms with Gasteiger partial charge in [0.25, 0.3) is 11.8 Å². The Balaban J connectivity index is 1.63. The SMILES string of the molecule is C=CCN1C(=O)C2(c3ccccc31)c1c(oc3ccc(C)cc3c1=O)C(=O)N2c1nc2ccc(C)cc2s1. The van der Waals surface area contributed by atoms with E-state index >= 15 is 0 Å². The Labute approximate surface area is 221 Å². The Morgan fingerprint density at radius 1 is 1.03 bits per heavy atom. The van der Waals surface area contributed by atoms with Crippen LogP contribution in [0.15, 0.2) is 82.5 Å². The molecule has 0 saturated carbocycles. The van der Waals surface area contributed by atoms with E-state index in [9.17, 15) is 14.4 Å². The van der Waals surface area contributed by atoms with Gasteiger partial charge in [0.05, 0.1) is 26.9 Å². The summed E-state index contributed by atoms with van der Waals surface area (Å²) in [6.45, 7) is 7.90. The lowest BCUT2D eigenvalue weighted by Crippen LogP contribution is -2.53. The molecule has 38 heavy (non-hydrogen) atoms. The zero-order valence-electron chi connectivity index (χ0n) is 20.6. The van der Waals surface area contributed by atoms with Gasteiger partial charge in [-0.25, -0.2) is 4.98 Å². The van der Waals surface area contributed by atoms with Crippen LogP contribution in [0, 0.1) is 13.8 Å². The second kappa shape index (κ2) is 7.72. The molecule has 8 heteroatoms. The number of carbonyl (C=O) groups excluding carboxylic acids is 2. The summed E-state index contributed by atoms with van der Waals surface area (Å²) >= 11 is 1.31. The van der Waals surface area contributed by atoms with Crippen LogP contribution < -0.4 is 15.2 Å². The summed E-state index contributed by atoms with van der Waals surface area (Å²) in [5.74, 6) is -1.12. The van der Waals surface area contributed by atoms with E-state index in [-0.39, 0.29) is 17.9 Å². The lowest BCUT2D eigenvalue weighted by atomic mass is 9.84. The van der Waals surface area contributed by atoms with Crippen LogP contribution in [-0.2, 0) is 10.3 Å². The fourth-order valence-electron chi connectivity index (χ4n) is 5.70. The van der Waals surface area contributed by atoms with Crippen LogP contribution in [0.2, 0.25) is 0 Å². The maximum absolute atomic E-state index is 14.6. The number of thiazole rings is 1. The van der Waals surface area contributed by atoms with Gasteiger partial charge in [-0.1, -0.05) is 53.3 Å². The summed E-state index contributed by atoms with van der Waals surface area (Å²) < 4.78 is 7.01. The first-order chi connectivity index (χ1) is 18.4. The number of hydrogen-bond donors (Lipinski definition) is 0. The largest absolute Gasteiger partial charge is 0.450 e. The third-order valence-corrected chi connectivity index (χ3v) is 8.32. The standard InChI is InChI=1S/C30H21N3O4S/c1-4-13-32-21-8-6-5-7-19(21)30(28(32)36)24-25(34)18-14-16(2)10-12-22(18)37-26(24)27(35)33(30)29-31-20-11-9-17(3)15-23(20)38-29/h4-12,14-15H,1,13H2,2-3H3. The summed E-state index contributed by atoms with van der Waals surface area (Å²) in [5, 5.41) is 0.649. The van der Waals surface area contributed by atoms with Crippen molar-refractivity contribution < 1.29 is 14.0 Å². The van der Waals surface area contributed by atoms with Crippen molar-refractivity contribution in [3.8, 4) is 0 Å². The van der Waals surface area contributed by atoms with Crippen molar-refractivity contribution in [2.75, 3.05) is 16.3 Å². The smallest absolute Gasteiger partial charge is 0.297 e. The van der Waals surface area contributed by atoms with E-state index in [1.807, 2.05) is 50.2 Å². The number of anilines is 2. The maximum atomic E-state index is 14.6. The lowest BCUT2D eigenvalue weighted by molar-refractivity contribution is -0.121. The first kappa shape index (κ1) is 22.6. The van der Waals surface area contributed by atoms with Crippen molar-refractivity contribution in [1.29, 1.82) is 0 Å². The van der Waals surface area contributed by atoms with Gasteiger partial charge in [0, 0.05) is 12.1 Å². The average Bonchev–Trinajstić information content (AvgIpc) is 3.51. The van der Waals surface area contributed by atoms with Crippen LogP contribution in [-0.4, -0.2) is 23.3 Å². The van der Waals surface area contributed by atoms with Gasteiger partial charge in [0.2, 0.25) is 5.76 Å². The van der Waals surface area contributed by atoms with Crippen LogP contribution in [0.4, 0.5) is 10.8 Å². The van der Waals surface area contributed by atoms with Crippen molar-refractivity contribution in [2.45, 2.75) is 19.4 Å². The number of aryl methyl sites for hydroxylation is 2. The van der Waals surface area contributed by atoms with Gasteiger partial charge < -0.3 is 9.32 Å². The highest BCUT2D eigenvalue weighted by Gasteiger charge is 2.66. The number of aromatic nitrogens is 1. The summed E-state index contributed by atoms with van der Waals surface area (Å²) in [4.78, 5) is 50.8. The molecule has 1 atom stereocenters. The van der Waals surface area contributed by atoms with E-state index < -0.39 is 22.8 Å². The molecule has 0 N–H and O–H groups in total. The number of hydrogen-bond acceptors (Lipinski definition) is 6. The molecule has 4 heterocycles. The van der Waals surface area contributed by atoms with Gasteiger partial charge in [-0.2, -0.15) is 0 Å². The summed E-state index contributed by atoms with van der Waals surface area (Å²) in [6, 6.07) is 18.3. The predicted molar refractivity (Wildman–Crippen MR) is 148 cm³/mol. The van der Waals surface area contributed by atoms with Crippen LogP contribution in [0.25, 0.3) is 21.2 Å². The molecule has 1 unspecified atom stereocenters. The van der Waals surface area contributed by atoms with Gasteiger partial charge in [-0.15, -0.1) is 6.58 Å². The second-order valence-corrected chi connectivity index (χ2v) is 10.7. The fraction of sp³-hybridized carbons (Fsp3) is 0.133. The van der Waals surface area contributed by atoms with E-state index in [1.54, 1.807) is 35.2 Å². The third-order valence-electron chi connectivity index (χ3n) is 7.32. The average molecular weight is 520 g/mol. The van der Waals surface area contributed by atoms with Crippen molar-refractivity contribution in [3.63, 3.8) is 0 Å². The fourth-order valence-corrected chi connectivity index (χ4v) is 6.82. The molecule has 2 aliphatic heterocycles. The number of carbonyl (C=O) groups is 2. The first-order valence-corrected chi connectivity index (χ1v) is 13.0. The highest BCUT2D eigenvalue weighted by atomic mass is 32.1. The Bertz CT molecular complexity index is 1940. The van der Waals surface area contributed by atoms with Gasteiger partial charge in [0.1, 0.15) is 5.58 Å². The number of rotatable bonds is 3. The topological polar surface area (TPSA) is 83.7 Å². The Kier molecular flexibility index (Phi) is 4.60. The molecule has 3 aromatic carbocycles. The van der Waals surface area contributed by atoms with Gasteiger partial charge in [-0.05, 0) is 49.7 Å². The Hall–Kier alpha value is -4.56. The van der Waals surface area contributed by atoms with Crippen LogP contribution in [0.3, 0.4) is 0 Å². The van der Waals surface area contributed by atoms with Crippen LogP contribution in [0.1, 0.15) is 32.8 Å². The zero-order chi connectivity index (χ0) is 26.3. The molecule has 5 aromatic rings. The summed E-state index contributed by atoms with van der Waals surface area (Å²) in [7, 11) is 0. The van der Waals surface area contributed by atoms with E-state index in [4.69, 9.17) is 9.40 Å². The first-order valence-electron chi connectivity index (χ1n) is 12.2. The van der Waals surface area contributed by atoms with E-state index in [0.29, 0.717) is 32.9 Å². The molecule has 186 valence electrons. The molecule has 2 amide bonds. The number of nitrogens with zero attached hydrogens (tertiary/aromatic N) is 3. The highest BCUT2D eigenvalue weighted by molar-refractivity contribution is 7.22. The van der Waals surface area contributed by atoms with Crippen LogP contribution in [0.5, 0.6) is 0 Å². The summed E-state index contributed by atoms with van der Waals surface area (Å²) in [6.07, 6.45) is 1.63. The predicted octanol–water partition coefficient (Wildman–Crippen LogP) is 5.46. The maximum Gasteiger partial charge on any atom is 0.297 e. The minimum Gasteiger partial charge on any atom is -0.450 e. The third kappa shape index (κ3) is 2.72. The molecule has 1 spiro atoms. The molecule has 0 saturated heterocycles. The molecular formula is C30H21N3O4S.